The van der Waals surface area contributed by atoms with Crippen molar-refractivity contribution < 1.29 is 19.4 Å². The summed E-state index contributed by atoms with van der Waals surface area (Å²) in [5.74, 6) is -0.0392. The Morgan fingerprint density at radius 2 is 2.19 bits per heavy atom. The zero-order valence-corrected chi connectivity index (χ0v) is 12.7. The van der Waals surface area contributed by atoms with E-state index in [1.165, 1.54) is 0 Å². The second-order valence-electron chi connectivity index (χ2n) is 6.20. The van der Waals surface area contributed by atoms with Crippen LogP contribution in [-0.4, -0.2) is 54.4 Å². The highest BCUT2D eigenvalue weighted by molar-refractivity contribution is 5.74. The fraction of sp³-hybridized carbons (Fsp3) is 0.867. The molecule has 2 aliphatic rings. The van der Waals surface area contributed by atoms with Gasteiger partial charge in [-0.3, -0.25) is 4.79 Å². The molecule has 2 N–H and O–H groups in total. The van der Waals surface area contributed by atoms with Gasteiger partial charge in [0.2, 0.25) is 0 Å². The molecule has 0 aromatic heterocycles. The van der Waals surface area contributed by atoms with Crippen molar-refractivity contribution in [2.24, 2.45) is 11.8 Å². The van der Waals surface area contributed by atoms with Gasteiger partial charge in [0.25, 0.3) is 0 Å². The van der Waals surface area contributed by atoms with E-state index in [1.54, 1.807) is 0 Å². The monoisotopic (exact) mass is 298 g/mol. The van der Waals surface area contributed by atoms with Crippen molar-refractivity contribution >= 4 is 12.0 Å². The summed E-state index contributed by atoms with van der Waals surface area (Å²) in [6, 6.07) is -0.0193. The van der Waals surface area contributed by atoms with Gasteiger partial charge >= 0.3 is 12.0 Å². The van der Waals surface area contributed by atoms with Gasteiger partial charge in [-0.25, -0.2) is 4.79 Å². The molecule has 3 atom stereocenters. The van der Waals surface area contributed by atoms with Crippen LogP contribution in [0.5, 0.6) is 0 Å². The van der Waals surface area contributed by atoms with E-state index >= 15 is 0 Å². The van der Waals surface area contributed by atoms with Crippen LogP contribution in [0.3, 0.4) is 0 Å². The maximum atomic E-state index is 12.2. The van der Waals surface area contributed by atoms with Crippen LogP contribution in [0.15, 0.2) is 0 Å². The van der Waals surface area contributed by atoms with Crippen molar-refractivity contribution in [1.82, 2.24) is 10.2 Å². The number of aliphatic carboxylic acids is 1. The SMILES string of the molecule is CC1OCCC1CNC(=O)N1CCCC(CCC(=O)O)C1. The van der Waals surface area contributed by atoms with Crippen LogP contribution in [0, 0.1) is 11.8 Å². The van der Waals surface area contributed by atoms with Crippen molar-refractivity contribution in [3.05, 3.63) is 0 Å². The molecule has 0 saturated carbocycles. The maximum Gasteiger partial charge on any atom is 0.317 e. The Kier molecular flexibility index (Phi) is 5.85. The van der Waals surface area contributed by atoms with Crippen LogP contribution in [-0.2, 0) is 9.53 Å². The highest BCUT2D eigenvalue weighted by Crippen LogP contribution is 2.22. The highest BCUT2D eigenvalue weighted by atomic mass is 16.5. The summed E-state index contributed by atoms with van der Waals surface area (Å²) < 4.78 is 5.49. The molecular weight excluding hydrogens is 272 g/mol. The van der Waals surface area contributed by atoms with Gasteiger partial charge in [-0.2, -0.15) is 0 Å². The number of carboxylic acid groups (broad SMARTS) is 1. The summed E-state index contributed by atoms with van der Waals surface area (Å²) in [5, 5.41) is 11.7. The minimum Gasteiger partial charge on any atom is -0.481 e. The smallest absolute Gasteiger partial charge is 0.317 e. The van der Waals surface area contributed by atoms with Gasteiger partial charge in [0, 0.05) is 38.6 Å². The third-order valence-corrected chi connectivity index (χ3v) is 4.62. The Morgan fingerprint density at radius 1 is 1.38 bits per heavy atom. The van der Waals surface area contributed by atoms with Crippen LogP contribution >= 0.6 is 0 Å². The lowest BCUT2D eigenvalue weighted by Crippen LogP contribution is -2.47. The van der Waals surface area contributed by atoms with E-state index in [0.717, 1.165) is 32.4 Å². The number of piperidine rings is 1. The van der Waals surface area contributed by atoms with Crippen LogP contribution < -0.4 is 5.32 Å². The zero-order chi connectivity index (χ0) is 15.2. The molecule has 2 saturated heterocycles. The van der Waals surface area contributed by atoms with Gasteiger partial charge in [0.15, 0.2) is 0 Å². The van der Waals surface area contributed by atoms with Crippen LogP contribution in [0.1, 0.15) is 39.0 Å². The van der Waals surface area contributed by atoms with Crippen molar-refractivity contribution in [3.63, 3.8) is 0 Å². The van der Waals surface area contributed by atoms with E-state index in [4.69, 9.17) is 9.84 Å². The fourth-order valence-corrected chi connectivity index (χ4v) is 3.19. The number of carbonyl (C=O) groups is 2. The van der Waals surface area contributed by atoms with E-state index in [0.29, 0.717) is 31.3 Å². The number of ether oxygens (including phenoxy) is 1. The number of carbonyl (C=O) groups excluding carboxylic acids is 1. The minimum absolute atomic E-state index is 0.0193. The number of urea groups is 1. The lowest BCUT2D eigenvalue weighted by Gasteiger charge is -2.33. The summed E-state index contributed by atoms with van der Waals surface area (Å²) in [7, 11) is 0. The average molecular weight is 298 g/mol. The molecule has 3 unspecified atom stereocenters. The van der Waals surface area contributed by atoms with Gasteiger partial charge < -0.3 is 20.1 Å². The summed E-state index contributed by atoms with van der Waals surface area (Å²) in [6.45, 7) is 4.94. The third kappa shape index (κ3) is 4.88. The van der Waals surface area contributed by atoms with Gasteiger partial charge in [-0.1, -0.05) is 0 Å². The second kappa shape index (κ2) is 7.64. The second-order valence-corrected chi connectivity index (χ2v) is 6.20. The summed E-state index contributed by atoms with van der Waals surface area (Å²) in [4.78, 5) is 24.7. The Bertz CT molecular complexity index is 375. The molecule has 21 heavy (non-hydrogen) atoms. The summed E-state index contributed by atoms with van der Waals surface area (Å²) >= 11 is 0. The first-order valence-corrected chi connectivity index (χ1v) is 7.92. The normalized spacial score (nSPS) is 29.4. The standard InChI is InChI=1S/C15H26N2O4/c1-11-13(6-8-21-11)9-16-15(20)17-7-2-3-12(10-17)4-5-14(18)19/h11-13H,2-10H2,1H3,(H,16,20)(H,18,19). The Morgan fingerprint density at radius 3 is 2.86 bits per heavy atom. The number of amides is 2. The first-order valence-electron chi connectivity index (χ1n) is 7.92. The number of hydrogen-bond donors (Lipinski definition) is 2. The predicted octanol–water partition coefficient (Wildman–Crippen LogP) is 1.70. The molecule has 120 valence electrons. The molecule has 6 nitrogen and oxygen atoms in total. The Labute approximate surface area is 125 Å². The topological polar surface area (TPSA) is 78.9 Å². The van der Waals surface area contributed by atoms with Gasteiger partial charge in [-0.15, -0.1) is 0 Å². The fourth-order valence-electron chi connectivity index (χ4n) is 3.19. The molecule has 0 bridgehead atoms. The zero-order valence-electron chi connectivity index (χ0n) is 12.7. The largest absolute Gasteiger partial charge is 0.481 e. The first kappa shape index (κ1) is 16.1. The van der Waals surface area contributed by atoms with E-state index < -0.39 is 5.97 Å². The van der Waals surface area contributed by atoms with Gasteiger partial charge in [-0.05, 0) is 38.5 Å². The lowest BCUT2D eigenvalue weighted by molar-refractivity contribution is -0.137. The molecule has 0 aromatic rings. The van der Waals surface area contributed by atoms with Gasteiger partial charge in [0.05, 0.1) is 6.10 Å². The van der Waals surface area contributed by atoms with Crippen molar-refractivity contribution in [1.29, 1.82) is 0 Å². The van der Waals surface area contributed by atoms with Crippen LogP contribution in [0.2, 0.25) is 0 Å². The average Bonchev–Trinajstić information content (AvgIpc) is 2.88. The van der Waals surface area contributed by atoms with E-state index in [9.17, 15) is 9.59 Å². The number of nitrogens with one attached hydrogen (secondary N) is 1. The van der Waals surface area contributed by atoms with E-state index in [1.807, 2.05) is 11.8 Å². The van der Waals surface area contributed by atoms with Crippen molar-refractivity contribution in [2.45, 2.75) is 45.1 Å². The molecular formula is C15H26N2O4. The molecule has 2 rings (SSSR count). The van der Waals surface area contributed by atoms with Crippen LogP contribution in [0.4, 0.5) is 4.79 Å². The molecule has 0 radical (unpaired) electrons. The quantitative estimate of drug-likeness (QED) is 0.809. The third-order valence-electron chi connectivity index (χ3n) is 4.62. The van der Waals surface area contributed by atoms with Crippen molar-refractivity contribution in [3.8, 4) is 0 Å². The summed E-state index contributed by atoms with van der Waals surface area (Å²) in [6.07, 6.45) is 4.05. The Hall–Kier alpha value is -1.30. The van der Waals surface area contributed by atoms with Crippen molar-refractivity contribution in [2.75, 3.05) is 26.2 Å². The first-order chi connectivity index (χ1) is 10.1. The molecule has 0 aliphatic carbocycles. The highest BCUT2D eigenvalue weighted by Gasteiger charge is 2.27. The molecule has 2 fully saturated rings. The minimum atomic E-state index is -0.758. The number of rotatable bonds is 5. The lowest BCUT2D eigenvalue weighted by atomic mass is 9.93. The molecule has 2 amide bonds. The number of nitrogens with zero attached hydrogens (tertiary/aromatic N) is 1. The molecule has 2 aliphatic heterocycles. The van der Waals surface area contributed by atoms with E-state index in [-0.39, 0.29) is 18.6 Å². The van der Waals surface area contributed by atoms with Crippen LogP contribution in [0.25, 0.3) is 0 Å². The number of hydrogen-bond acceptors (Lipinski definition) is 3. The summed E-state index contributed by atoms with van der Waals surface area (Å²) in [5.41, 5.74) is 0. The molecule has 0 spiro atoms. The number of likely N-dealkylation sites (tertiary alicyclic amines) is 1. The maximum absolute atomic E-state index is 12.2. The predicted molar refractivity (Wildman–Crippen MR) is 78.1 cm³/mol. The molecule has 6 heteroatoms. The van der Waals surface area contributed by atoms with E-state index in [2.05, 4.69) is 5.32 Å². The molecule has 2 heterocycles. The number of carboxylic acids is 1. The molecule has 0 aromatic carbocycles. The Balaban J connectivity index is 1.72. The van der Waals surface area contributed by atoms with Gasteiger partial charge in [0.1, 0.15) is 0 Å².